The van der Waals surface area contributed by atoms with Gasteiger partial charge in [0.15, 0.2) is 0 Å². The number of rotatable bonds is 5. The quantitative estimate of drug-likeness (QED) is 0.513. The molecule has 2 atom stereocenters. The second-order valence-corrected chi connectivity index (χ2v) is 2.88. The molecule has 0 rings (SSSR count). The predicted octanol–water partition coefficient (Wildman–Crippen LogP) is 0.00660. The number of carbonyl (C=O) groups is 1. The second-order valence-electron chi connectivity index (χ2n) is 2.88. The standard InChI is InChI=1S/C8H14O4/c1-3-6(7(10)11)8(2,12)4-5-9/h3,6,9,12H,1,4-5H2,2H3,(H,10,11). The van der Waals surface area contributed by atoms with Gasteiger partial charge in [-0.25, -0.2) is 0 Å². The summed E-state index contributed by atoms with van der Waals surface area (Å²) in [6.07, 6.45) is 1.19. The maximum Gasteiger partial charge on any atom is 0.313 e. The average molecular weight is 174 g/mol. The summed E-state index contributed by atoms with van der Waals surface area (Å²) in [5.74, 6) is -2.17. The Morgan fingerprint density at radius 2 is 2.25 bits per heavy atom. The van der Waals surface area contributed by atoms with Crippen molar-refractivity contribution in [2.75, 3.05) is 6.61 Å². The third-order valence-electron chi connectivity index (χ3n) is 1.79. The van der Waals surface area contributed by atoms with Crippen LogP contribution < -0.4 is 0 Å². The SMILES string of the molecule is C=CC(C(=O)O)C(C)(O)CCO. The highest BCUT2D eigenvalue weighted by Crippen LogP contribution is 2.21. The summed E-state index contributed by atoms with van der Waals surface area (Å²) in [5, 5.41) is 26.7. The normalized spacial score (nSPS) is 17.9. The van der Waals surface area contributed by atoms with Crippen LogP contribution in [0.3, 0.4) is 0 Å². The Hall–Kier alpha value is -0.870. The first-order valence-corrected chi connectivity index (χ1v) is 3.64. The molecule has 0 aromatic rings. The van der Waals surface area contributed by atoms with Crippen LogP contribution in [0.15, 0.2) is 12.7 Å². The van der Waals surface area contributed by atoms with E-state index >= 15 is 0 Å². The zero-order chi connectivity index (χ0) is 9.78. The Morgan fingerprint density at radius 1 is 1.75 bits per heavy atom. The van der Waals surface area contributed by atoms with Crippen molar-refractivity contribution in [1.82, 2.24) is 0 Å². The molecule has 0 aliphatic carbocycles. The molecular weight excluding hydrogens is 160 g/mol. The van der Waals surface area contributed by atoms with Crippen LogP contribution in [0.1, 0.15) is 13.3 Å². The van der Waals surface area contributed by atoms with E-state index in [2.05, 4.69) is 6.58 Å². The van der Waals surface area contributed by atoms with E-state index in [0.717, 1.165) is 6.08 Å². The maximum absolute atomic E-state index is 10.5. The number of aliphatic hydroxyl groups excluding tert-OH is 1. The Balaban J connectivity index is 4.46. The monoisotopic (exact) mass is 174 g/mol. The fraction of sp³-hybridized carbons (Fsp3) is 0.625. The van der Waals surface area contributed by atoms with Crippen molar-refractivity contribution >= 4 is 5.97 Å². The van der Waals surface area contributed by atoms with Crippen molar-refractivity contribution in [3.63, 3.8) is 0 Å². The molecule has 0 saturated carbocycles. The molecule has 0 aliphatic rings. The number of hydrogen-bond donors (Lipinski definition) is 3. The first-order valence-electron chi connectivity index (χ1n) is 3.64. The molecule has 0 spiro atoms. The highest BCUT2D eigenvalue weighted by atomic mass is 16.4. The Bertz CT molecular complexity index is 174. The van der Waals surface area contributed by atoms with Crippen molar-refractivity contribution in [3.05, 3.63) is 12.7 Å². The van der Waals surface area contributed by atoms with Crippen LogP contribution in [0.5, 0.6) is 0 Å². The van der Waals surface area contributed by atoms with Crippen molar-refractivity contribution < 1.29 is 20.1 Å². The van der Waals surface area contributed by atoms with Crippen LogP contribution in [-0.2, 0) is 4.79 Å². The van der Waals surface area contributed by atoms with E-state index in [1.165, 1.54) is 6.92 Å². The van der Waals surface area contributed by atoms with Crippen LogP contribution in [0.2, 0.25) is 0 Å². The Labute approximate surface area is 71.1 Å². The van der Waals surface area contributed by atoms with Gasteiger partial charge in [0.05, 0.1) is 5.60 Å². The summed E-state index contributed by atoms with van der Waals surface area (Å²) in [6.45, 7) is 4.43. The lowest BCUT2D eigenvalue weighted by atomic mass is 9.87. The summed E-state index contributed by atoms with van der Waals surface area (Å²) in [7, 11) is 0. The molecule has 0 heterocycles. The summed E-state index contributed by atoms with van der Waals surface area (Å²) >= 11 is 0. The van der Waals surface area contributed by atoms with Gasteiger partial charge in [0, 0.05) is 13.0 Å². The molecular formula is C8H14O4. The largest absolute Gasteiger partial charge is 0.481 e. The van der Waals surface area contributed by atoms with E-state index in [4.69, 9.17) is 10.2 Å². The van der Waals surface area contributed by atoms with Crippen molar-refractivity contribution in [1.29, 1.82) is 0 Å². The van der Waals surface area contributed by atoms with Gasteiger partial charge in [0.1, 0.15) is 5.92 Å². The van der Waals surface area contributed by atoms with E-state index in [0.29, 0.717) is 0 Å². The minimum absolute atomic E-state index is 0.0238. The van der Waals surface area contributed by atoms with Crippen LogP contribution >= 0.6 is 0 Å². The Morgan fingerprint density at radius 3 is 2.50 bits per heavy atom. The van der Waals surface area contributed by atoms with Crippen LogP contribution in [0, 0.1) is 5.92 Å². The summed E-state index contributed by atoms with van der Waals surface area (Å²) in [6, 6.07) is 0. The van der Waals surface area contributed by atoms with E-state index < -0.39 is 17.5 Å². The molecule has 0 aromatic carbocycles. The maximum atomic E-state index is 10.5. The van der Waals surface area contributed by atoms with Gasteiger partial charge in [-0.05, 0) is 6.92 Å². The first kappa shape index (κ1) is 11.1. The number of carboxylic acid groups (broad SMARTS) is 1. The lowest BCUT2D eigenvalue weighted by Crippen LogP contribution is -2.39. The van der Waals surface area contributed by atoms with E-state index in [9.17, 15) is 9.90 Å². The molecule has 0 aliphatic heterocycles. The third kappa shape index (κ3) is 2.64. The minimum Gasteiger partial charge on any atom is -0.481 e. The van der Waals surface area contributed by atoms with Gasteiger partial charge in [0.2, 0.25) is 0 Å². The van der Waals surface area contributed by atoms with Gasteiger partial charge < -0.3 is 15.3 Å². The topological polar surface area (TPSA) is 77.8 Å². The number of hydrogen-bond acceptors (Lipinski definition) is 3. The van der Waals surface area contributed by atoms with E-state index in [-0.39, 0.29) is 13.0 Å². The summed E-state index contributed by atoms with van der Waals surface area (Å²) in [4.78, 5) is 10.5. The molecule has 0 radical (unpaired) electrons. The number of aliphatic hydroxyl groups is 2. The molecule has 70 valence electrons. The van der Waals surface area contributed by atoms with Crippen molar-refractivity contribution in [2.45, 2.75) is 18.9 Å². The molecule has 2 unspecified atom stereocenters. The lowest BCUT2D eigenvalue weighted by Gasteiger charge is -2.26. The smallest absolute Gasteiger partial charge is 0.313 e. The van der Waals surface area contributed by atoms with Gasteiger partial charge in [-0.2, -0.15) is 0 Å². The van der Waals surface area contributed by atoms with Gasteiger partial charge in [0.25, 0.3) is 0 Å². The molecule has 0 fully saturated rings. The van der Waals surface area contributed by atoms with Crippen molar-refractivity contribution in [2.24, 2.45) is 5.92 Å². The van der Waals surface area contributed by atoms with Gasteiger partial charge >= 0.3 is 5.97 Å². The average Bonchev–Trinajstić information content (AvgIpc) is 1.86. The number of aliphatic carboxylic acids is 1. The Kier molecular flexibility index (Phi) is 3.92. The van der Waals surface area contributed by atoms with E-state index in [1.54, 1.807) is 0 Å². The number of carboxylic acids is 1. The minimum atomic E-state index is -1.43. The predicted molar refractivity (Wildman–Crippen MR) is 43.6 cm³/mol. The van der Waals surface area contributed by atoms with Crippen LogP contribution in [-0.4, -0.2) is 33.5 Å². The first-order chi connectivity index (χ1) is 5.45. The molecule has 0 amide bonds. The molecule has 12 heavy (non-hydrogen) atoms. The summed E-state index contributed by atoms with van der Waals surface area (Å²) in [5.41, 5.74) is -1.43. The van der Waals surface area contributed by atoms with Gasteiger partial charge in [-0.3, -0.25) is 4.79 Å². The van der Waals surface area contributed by atoms with Gasteiger partial charge in [-0.15, -0.1) is 6.58 Å². The second kappa shape index (κ2) is 4.23. The fourth-order valence-electron chi connectivity index (χ4n) is 1.00. The molecule has 0 saturated heterocycles. The van der Waals surface area contributed by atoms with Crippen LogP contribution in [0.25, 0.3) is 0 Å². The third-order valence-corrected chi connectivity index (χ3v) is 1.79. The lowest BCUT2D eigenvalue weighted by molar-refractivity contribution is -0.148. The molecule has 3 N–H and O–H groups in total. The molecule has 4 nitrogen and oxygen atoms in total. The molecule has 0 bridgehead atoms. The van der Waals surface area contributed by atoms with Gasteiger partial charge in [-0.1, -0.05) is 6.08 Å². The van der Waals surface area contributed by atoms with Crippen molar-refractivity contribution in [3.8, 4) is 0 Å². The van der Waals surface area contributed by atoms with Crippen LogP contribution in [0.4, 0.5) is 0 Å². The molecule has 4 heteroatoms. The molecule has 0 aromatic heterocycles. The summed E-state index contributed by atoms with van der Waals surface area (Å²) < 4.78 is 0. The zero-order valence-corrected chi connectivity index (χ0v) is 7.03. The highest BCUT2D eigenvalue weighted by Gasteiger charge is 2.34. The zero-order valence-electron chi connectivity index (χ0n) is 7.03. The fourth-order valence-corrected chi connectivity index (χ4v) is 1.00. The highest BCUT2D eigenvalue weighted by molar-refractivity contribution is 5.73. The van der Waals surface area contributed by atoms with E-state index in [1.807, 2.05) is 0 Å².